The molecule has 4 heteroatoms. The Balaban J connectivity index is 1.76. The number of thioether (sulfide) groups is 1. The molecule has 0 saturated carbocycles. The van der Waals surface area contributed by atoms with Crippen LogP contribution in [0.2, 0.25) is 0 Å². The van der Waals surface area contributed by atoms with Crippen molar-refractivity contribution in [2.45, 2.75) is 23.9 Å². The molecule has 23 heavy (non-hydrogen) atoms. The van der Waals surface area contributed by atoms with Gasteiger partial charge in [0.25, 0.3) is 0 Å². The van der Waals surface area contributed by atoms with Gasteiger partial charge in [0.1, 0.15) is 5.82 Å². The van der Waals surface area contributed by atoms with E-state index < -0.39 is 0 Å². The SMILES string of the molecule is C=CCn1c(Cc2ccccc2)nnc1SCc1ccccc1. The molecule has 0 aliphatic carbocycles. The molecule has 0 N–H and O–H groups in total. The number of hydrogen-bond acceptors (Lipinski definition) is 3. The van der Waals surface area contributed by atoms with Crippen LogP contribution in [0.25, 0.3) is 0 Å². The van der Waals surface area contributed by atoms with Crippen molar-refractivity contribution >= 4 is 11.8 Å². The van der Waals surface area contributed by atoms with Crippen LogP contribution in [0.15, 0.2) is 78.5 Å². The average molecular weight is 321 g/mol. The summed E-state index contributed by atoms with van der Waals surface area (Å²) in [5.41, 5.74) is 2.53. The van der Waals surface area contributed by atoms with Crippen LogP contribution in [0.1, 0.15) is 17.0 Å². The van der Waals surface area contributed by atoms with Crippen molar-refractivity contribution in [3.05, 3.63) is 90.3 Å². The molecule has 0 radical (unpaired) electrons. The second-order valence-electron chi connectivity index (χ2n) is 5.23. The van der Waals surface area contributed by atoms with Crippen molar-refractivity contribution in [1.82, 2.24) is 14.8 Å². The van der Waals surface area contributed by atoms with Gasteiger partial charge in [0.05, 0.1) is 0 Å². The van der Waals surface area contributed by atoms with Crippen LogP contribution in [0.5, 0.6) is 0 Å². The van der Waals surface area contributed by atoms with Crippen LogP contribution < -0.4 is 0 Å². The maximum Gasteiger partial charge on any atom is 0.191 e. The maximum atomic E-state index is 4.39. The van der Waals surface area contributed by atoms with E-state index in [0.29, 0.717) is 0 Å². The normalized spacial score (nSPS) is 10.6. The summed E-state index contributed by atoms with van der Waals surface area (Å²) in [5, 5.41) is 9.70. The summed E-state index contributed by atoms with van der Waals surface area (Å²) in [5.74, 6) is 1.87. The van der Waals surface area contributed by atoms with E-state index >= 15 is 0 Å². The third-order valence-electron chi connectivity index (χ3n) is 3.52. The highest BCUT2D eigenvalue weighted by atomic mass is 32.2. The molecule has 0 saturated heterocycles. The Morgan fingerprint density at radius 1 is 0.913 bits per heavy atom. The zero-order chi connectivity index (χ0) is 15.9. The first-order valence-corrected chi connectivity index (χ1v) is 8.59. The monoisotopic (exact) mass is 321 g/mol. The fourth-order valence-electron chi connectivity index (χ4n) is 2.37. The lowest BCUT2D eigenvalue weighted by Gasteiger charge is -2.08. The molecule has 0 bridgehead atoms. The van der Waals surface area contributed by atoms with E-state index in [1.54, 1.807) is 11.8 Å². The highest BCUT2D eigenvalue weighted by Gasteiger charge is 2.12. The van der Waals surface area contributed by atoms with Gasteiger partial charge in [-0.25, -0.2) is 0 Å². The molecule has 0 unspecified atom stereocenters. The predicted molar refractivity (Wildman–Crippen MR) is 95.5 cm³/mol. The summed E-state index contributed by atoms with van der Waals surface area (Å²) < 4.78 is 2.15. The van der Waals surface area contributed by atoms with Gasteiger partial charge in [0.2, 0.25) is 0 Å². The average Bonchev–Trinajstić information content (AvgIpc) is 2.97. The number of hydrogen-bond donors (Lipinski definition) is 0. The number of allylic oxidation sites excluding steroid dienone is 1. The Morgan fingerprint density at radius 3 is 2.22 bits per heavy atom. The van der Waals surface area contributed by atoms with Crippen LogP contribution in [-0.2, 0) is 18.7 Å². The summed E-state index contributed by atoms with van der Waals surface area (Å²) in [4.78, 5) is 0. The molecule has 0 atom stereocenters. The van der Waals surface area contributed by atoms with E-state index in [0.717, 1.165) is 29.7 Å². The quantitative estimate of drug-likeness (QED) is 0.479. The van der Waals surface area contributed by atoms with E-state index in [1.807, 2.05) is 18.2 Å². The third-order valence-corrected chi connectivity index (χ3v) is 4.56. The molecule has 1 heterocycles. The first-order valence-electron chi connectivity index (χ1n) is 7.60. The van der Waals surface area contributed by atoms with Crippen molar-refractivity contribution in [2.75, 3.05) is 0 Å². The zero-order valence-electron chi connectivity index (χ0n) is 12.9. The van der Waals surface area contributed by atoms with Gasteiger partial charge < -0.3 is 4.57 Å². The minimum Gasteiger partial charge on any atom is -0.302 e. The van der Waals surface area contributed by atoms with Gasteiger partial charge in [-0.1, -0.05) is 78.5 Å². The van der Waals surface area contributed by atoms with E-state index in [9.17, 15) is 0 Å². The van der Waals surface area contributed by atoms with Crippen LogP contribution in [0.3, 0.4) is 0 Å². The molecular weight excluding hydrogens is 302 g/mol. The smallest absolute Gasteiger partial charge is 0.191 e. The molecule has 116 valence electrons. The van der Waals surface area contributed by atoms with Gasteiger partial charge in [-0.15, -0.1) is 16.8 Å². The molecule has 0 fully saturated rings. The van der Waals surface area contributed by atoms with Gasteiger partial charge in [0.15, 0.2) is 5.16 Å². The van der Waals surface area contributed by atoms with Gasteiger partial charge >= 0.3 is 0 Å². The highest BCUT2D eigenvalue weighted by molar-refractivity contribution is 7.98. The van der Waals surface area contributed by atoms with Crippen LogP contribution in [0, 0.1) is 0 Å². The Morgan fingerprint density at radius 2 is 1.57 bits per heavy atom. The lowest BCUT2D eigenvalue weighted by molar-refractivity contribution is 0.690. The molecule has 0 spiro atoms. The molecule has 1 aromatic heterocycles. The fourth-order valence-corrected chi connectivity index (χ4v) is 3.29. The van der Waals surface area contributed by atoms with Gasteiger partial charge in [-0.2, -0.15) is 0 Å². The predicted octanol–water partition coefficient (Wildman–Crippen LogP) is 4.35. The molecule has 3 rings (SSSR count). The van der Waals surface area contributed by atoms with E-state index in [2.05, 4.69) is 69.9 Å². The Bertz CT molecular complexity index is 751. The second kappa shape index (κ2) is 7.79. The zero-order valence-corrected chi connectivity index (χ0v) is 13.7. The van der Waals surface area contributed by atoms with Gasteiger partial charge in [0, 0.05) is 18.7 Å². The minimum atomic E-state index is 0.728. The number of rotatable bonds is 7. The molecule has 0 aliphatic rings. The Labute approximate surface area is 141 Å². The number of nitrogens with zero attached hydrogens (tertiary/aromatic N) is 3. The molecule has 2 aromatic carbocycles. The highest BCUT2D eigenvalue weighted by Crippen LogP contribution is 2.23. The number of aromatic nitrogens is 3. The van der Waals surface area contributed by atoms with Crippen molar-refractivity contribution < 1.29 is 0 Å². The minimum absolute atomic E-state index is 0.728. The first-order chi connectivity index (χ1) is 11.4. The summed E-state index contributed by atoms with van der Waals surface area (Å²) in [6.07, 6.45) is 2.68. The van der Waals surface area contributed by atoms with Gasteiger partial charge in [-0.05, 0) is 11.1 Å². The van der Waals surface area contributed by atoms with E-state index in [4.69, 9.17) is 0 Å². The Hall–Kier alpha value is -2.33. The van der Waals surface area contributed by atoms with Crippen LogP contribution in [0.4, 0.5) is 0 Å². The summed E-state index contributed by atoms with van der Waals surface area (Å²) in [6, 6.07) is 20.8. The number of benzene rings is 2. The molecule has 3 nitrogen and oxygen atoms in total. The lowest BCUT2D eigenvalue weighted by atomic mass is 10.1. The third kappa shape index (κ3) is 4.11. The summed E-state index contributed by atoms with van der Waals surface area (Å²) >= 11 is 1.71. The van der Waals surface area contributed by atoms with Crippen molar-refractivity contribution in [2.24, 2.45) is 0 Å². The van der Waals surface area contributed by atoms with E-state index in [-0.39, 0.29) is 0 Å². The lowest BCUT2D eigenvalue weighted by Crippen LogP contribution is -2.04. The van der Waals surface area contributed by atoms with E-state index in [1.165, 1.54) is 11.1 Å². The van der Waals surface area contributed by atoms with Gasteiger partial charge in [-0.3, -0.25) is 0 Å². The molecular formula is C19H19N3S. The van der Waals surface area contributed by atoms with Crippen molar-refractivity contribution in [3.8, 4) is 0 Å². The van der Waals surface area contributed by atoms with Crippen LogP contribution >= 0.6 is 11.8 Å². The van der Waals surface area contributed by atoms with Crippen LogP contribution in [-0.4, -0.2) is 14.8 Å². The van der Waals surface area contributed by atoms with Crippen molar-refractivity contribution in [3.63, 3.8) is 0 Å². The Kier molecular flexibility index (Phi) is 5.27. The van der Waals surface area contributed by atoms with Crippen molar-refractivity contribution in [1.29, 1.82) is 0 Å². The summed E-state index contributed by atoms with van der Waals surface area (Å²) in [6.45, 7) is 4.59. The first kappa shape index (κ1) is 15.6. The largest absolute Gasteiger partial charge is 0.302 e. The molecule has 0 amide bonds. The standard InChI is InChI=1S/C19H19N3S/c1-2-13-22-18(14-16-9-5-3-6-10-16)20-21-19(22)23-15-17-11-7-4-8-12-17/h2-12H,1,13-15H2. The topological polar surface area (TPSA) is 30.7 Å². The molecule has 0 aliphatic heterocycles. The summed E-state index contributed by atoms with van der Waals surface area (Å²) in [7, 11) is 0. The fraction of sp³-hybridized carbons (Fsp3) is 0.158. The second-order valence-corrected chi connectivity index (χ2v) is 6.18. The molecule has 3 aromatic rings. The maximum absolute atomic E-state index is 4.39.